The van der Waals surface area contributed by atoms with Crippen LogP contribution in [0, 0.1) is 17.2 Å². The molecule has 2 aliphatic carbocycles. The van der Waals surface area contributed by atoms with E-state index in [1.54, 1.807) is 0 Å². The number of carbonyl (C=O) groups is 2. The first-order valence-corrected chi connectivity index (χ1v) is 5.57. The van der Waals surface area contributed by atoms with Gasteiger partial charge in [-0.25, -0.2) is 0 Å². The lowest BCUT2D eigenvalue weighted by molar-refractivity contribution is -0.116. The molecule has 2 aliphatic rings. The van der Waals surface area contributed by atoms with Crippen molar-refractivity contribution in [2.24, 2.45) is 11.8 Å². The number of carbonyl (C=O) groups excluding carboxylic acids is 2. The van der Waals surface area contributed by atoms with Crippen LogP contribution in [-0.4, -0.2) is 23.8 Å². The maximum absolute atomic E-state index is 11.2. The Hall–Kier alpha value is -1.45. The molecule has 1 saturated carbocycles. The third kappa shape index (κ3) is 1.92. The van der Waals surface area contributed by atoms with Crippen molar-refractivity contribution in [2.45, 2.75) is 26.7 Å². The number of Topliss-reactive ketones (excluding diaryl/α,β-unsaturated/α-hetero) is 2. The van der Waals surface area contributed by atoms with Crippen molar-refractivity contribution in [1.29, 1.82) is 5.41 Å². The van der Waals surface area contributed by atoms with E-state index in [0.717, 1.165) is 24.1 Å². The lowest BCUT2D eigenvalue weighted by Gasteiger charge is -2.11. The minimum atomic E-state index is -0.190. The number of allylic oxidation sites excluding steroid dienone is 2. The van der Waals surface area contributed by atoms with E-state index in [2.05, 4.69) is 5.32 Å². The summed E-state index contributed by atoms with van der Waals surface area (Å²) >= 11 is 0. The van der Waals surface area contributed by atoms with Gasteiger partial charge in [-0.15, -0.1) is 0 Å². The van der Waals surface area contributed by atoms with Gasteiger partial charge >= 0.3 is 0 Å². The standard InChI is InChI=1S/C12H16N2O2/c1-6(15)5-14-10-4-8-3-9(8)11(10)12(13)7(2)16/h8-9,13-14H,3-5H2,1-2H3/t8-,9?/m1/s1. The summed E-state index contributed by atoms with van der Waals surface area (Å²) in [5.74, 6) is 0.876. The molecular weight excluding hydrogens is 204 g/mol. The Bertz CT molecular complexity index is 409. The van der Waals surface area contributed by atoms with Gasteiger partial charge in [-0.1, -0.05) is 0 Å². The molecule has 0 heterocycles. The van der Waals surface area contributed by atoms with Crippen molar-refractivity contribution >= 4 is 17.3 Å². The zero-order valence-electron chi connectivity index (χ0n) is 9.59. The summed E-state index contributed by atoms with van der Waals surface area (Å²) in [5.41, 5.74) is 1.92. The number of hydrogen-bond acceptors (Lipinski definition) is 4. The highest BCUT2D eigenvalue weighted by atomic mass is 16.1. The van der Waals surface area contributed by atoms with Crippen LogP contribution in [0.2, 0.25) is 0 Å². The monoisotopic (exact) mass is 220 g/mol. The molecule has 0 spiro atoms. The second-order valence-corrected chi connectivity index (χ2v) is 4.69. The van der Waals surface area contributed by atoms with Crippen LogP contribution >= 0.6 is 0 Å². The summed E-state index contributed by atoms with van der Waals surface area (Å²) in [7, 11) is 0. The molecule has 0 radical (unpaired) electrons. The van der Waals surface area contributed by atoms with Crippen LogP contribution in [0.1, 0.15) is 26.7 Å². The van der Waals surface area contributed by atoms with Crippen LogP contribution in [0.4, 0.5) is 0 Å². The predicted octanol–water partition coefficient (Wildman–Crippen LogP) is 1.07. The molecule has 16 heavy (non-hydrogen) atoms. The van der Waals surface area contributed by atoms with Gasteiger partial charge in [0.05, 0.1) is 6.54 Å². The predicted molar refractivity (Wildman–Crippen MR) is 60.3 cm³/mol. The summed E-state index contributed by atoms with van der Waals surface area (Å²) in [5, 5.41) is 10.8. The van der Waals surface area contributed by atoms with Gasteiger partial charge < -0.3 is 5.32 Å². The summed E-state index contributed by atoms with van der Waals surface area (Å²) in [6, 6.07) is 0. The van der Waals surface area contributed by atoms with E-state index in [0.29, 0.717) is 18.4 Å². The normalized spacial score (nSPS) is 26.4. The highest BCUT2D eigenvalue weighted by Gasteiger charge is 2.48. The van der Waals surface area contributed by atoms with E-state index in [1.807, 2.05) is 0 Å². The SMILES string of the molecule is CC(=O)CNC1=C(C(=N)C(C)=O)C2C[C@@H]2C1. The Morgan fingerprint density at radius 2 is 2.12 bits per heavy atom. The summed E-state index contributed by atoms with van der Waals surface area (Å²) in [6.45, 7) is 3.25. The fourth-order valence-electron chi connectivity index (χ4n) is 2.35. The molecular formula is C12H16N2O2. The second kappa shape index (κ2) is 3.85. The van der Waals surface area contributed by atoms with Gasteiger partial charge in [0.1, 0.15) is 11.5 Å². The maximum Gasteiger partial charge on any atom is 0.177 e. The van der Waals surface area contributed by atoms with E-state index < -0.39 is 0 Å². The Morgan fingerprint density at radius 3 is 2.69 bits per heavy atom. The Balaban J connectivity index is 2.15. The Labute approximate surface area is 94.6 Å². The molecule has 2 N–H and O–H groups in total. The van der Waals surface area contributed by atoms with Gasteiger partial charge in [0.15, 0.2) is 5.78 Å². The van der Waals surface area contributed by atoms with Crippen LogP contribution < -0.4 is 5.32 Å². The molecule has 86 valence electrons. The molecule has 2 rings (SSSR count). The largest absolute Gasteiger partial charge is 0.381 e. The van der Waals surface area contributed by atoms with Crippen molar-refractivity contribution in [2.75, 3.05) is 6.54 Å². The second-order valence-electron chi connectivity index (χ2n) is 4.69. The number of hydrogen-bond donors (Lipinski definition) is 2. The first kappa shape index (κ1) is 11.0. The molecule has 0 amide bonds. The van der Waals surface area contributed by atoms with Gasteiger partial charge in [-0.3, -0.25) is 15.0 Å². The van der Waals surface area contributed by atoms with Crippen molar-refractivity contribution in [3.63, 3.8) is 0 Å². The highest BCUT2D eigenvalue weighted by Crippen LogP contribution is 2.54. The van der Waals surface area contributed by atoms with Crippen LogP contribution in [-0.2, 0) is 9.59 Å². The fraction of sp³-hybridized carbons (Fsp3) is 0.583. The lowest BCUT2D eigenvalue weighted by Crippen LogP contribution is -2.24. The maximum atomic E-state index is 11.2. The molecule has 0 aliphatic heterocycles. The van der Waals surface area contributed by atoms with Gasteiger partial charge in [0, 0.05) is 18.2 Å². The van der Waals surface area contributed by atoms with Crippen LogP contribution in [0.25, 0.3) is 0 Å². The number of fused-ring (bicyclic) bond motifs is 1. The molecule has 2 atom stereocenters. The molecule has 4 nitrogen and oxygen atoms in total. The number of nitrogens with one attached hydrogen (secondary N) is 2. The Kier molecular flexibility index (Phi) is 2.66. The van der Waals surface area contributed by atoms with Gasteiger partial charge in [0.25, 0.3) is 0 Å². The van der Waals surface area contributed by atoms with Crippen molar-refractivity contribution < 1.29 is 9.59 Å². The molecule has 0 aromatic carbocycles. The third-order valence-electron chi connectivity index (χ3n) is 3.26. The molecule has 1 unspecified atom stereocenters. The summed E-state index contributed by atoms with van der Waals surface area (Å²) < 4.78 is 0. The first-order chi connectivity index (χ1) is 7.50. The van der Waals surface area contributed by atoms with Crippen molar-refractivity contribution in [3.05, 3.63) is 11.3 Å². The molecule has 0 saturated heterocycles. The average molecular weight is 220 g/mol. The molecule has 4 heteroatoms. The average Bonchev–Trinajstić information content (AvgIpc) is 2.86. The van der Waals surface area contributed by atoms with E-state index in [4.69, 9.17) is 5.41 Å². The van der Waals surface area contributed by atoms with Crippen molar-refractivity contribution in [1.82, 2.24) is 5.32 Å². The highest BCUT2D eigenvalue weighted by molar-refractivity contribution is 6.44. The third-order valence-corrected chi connectivity index (χ3v) is 3.26. The summed E-state index contributed by atoms with van der Waals surface area (Å²) in [4.78, 5) is 22.1. The van der Waals surface area contributed by atoms with Crippen LogP contribution in [0.15, 0.2) is 11.3 Å². The van der Waals surface area contributed by atoms with E-state index in [9.17, 15) is 9.59 Å². The van der Waals surface area contributed by atoms with Crippen molar-refractivity contribution in [3.8, 4) is 0 Å². The molecule has 1 fully saturated rings. The lowest BCUT2D eigenvalue weighted by atomic mass is 10.0. The Morgan fingerprint density at radius 1 is 1.44 bits per heavy atom. The van der Waals surface area contributed by atoms with Gasteiger partial charge in [-0.05, 0) is 31.6 Å². The number of ketones is 2. The van der Waals surface area contributed by atoms with Gasteiger partial charge in [0.2, 0.25) is 0 Å². The molecule has 0 aromatic rings. The topological polar surface area (TPSA) is 70.0 Å². The smallest absolute Gasteiger partial charge is 0.177 e. The van der Waals surface area contributed by atoms with E-state index in [1.165, 1.54) is 13.8 Å². The zero-order valence-corrected chi connectivity index (χ0v) is 9.59. The van der Waals surface area contributed by atoms with E-state index >= 15 is 0 Å². The summed E-state index contributed by atoms with van der Waals surface area (Å²) in [6.07, 6.45) is 1.99. The molecule has 0 aromatic heterocycles. The minimum Gasteiger partial charge on any atom is -0.381 e. The van der Waals surface area contributed by atoms with Gasteiger partial charge in [-0.2, -0.15) is 0 Å². The van der Waals surface area contributed by atoms with Crippen LogP contribution in [0.3, 0.4) is 0 Å². The fourth-order valence-corrected chi connectivity index (χ4v) is 2.35. The first-order valence-electron chi connectivity index (χ1n) is 5.57. The number of rotatable bonds is 5. The minimum absolute atomic E-state index is 0.0711. The molecule has 0 bridgehead atoms. The van der Waals surface area contributed by atoms with Crippen LogP contribution in [0.5, 0.6) is 0 Å². The zero-order chi connectivity index (χ0) is 11.9. The van der Waals surface area contributed by atoms with E-state index in [-0.39, 0.29) is 17.3 Å². The quantitative estimate of drug-likeness (QED) is 0.681.